The Morgan fingerprint density at radius 3 is 2.82 bits per heavy atom. The molecule has 5 nitrogen and oxygen atoms in total. The third kappa shape index (κ3) is 5.50. The molecule has 0 spiro atoms. The van der Waals surface area contributed by atoms with E-state index in [-0.39, 0.29) is 12.6 Å². The van der Waals surface area contributed by atoms with E-state index in [1.807, 2.05) is 6.92 Å². The van der Waals surface area contributed by atoms with E-state index in [0.717, 1.165) is 31.4 Å². The fraction of sp³-hybridized carbons (Fsp3) is 0.500. The molecule has 1 heterocycles. The molecule has 1 aromatic heterocycles. The highest BCUT2D eigenvalue weighted by molar-refractivity contribution is 5.74. The summed E-state index contributed by atoms with van der Waals surface area (Å²) in [6.45, 7) is 3.88. The van der Waals surface area contributed by atoms with Gasteiger partial charge in [-0.1, -0.05) is 19.1 Å². The maximum atomic E-state index is 12.9. The van der Waals surface area contributed by atoms with Gasteiger partial charge in [-0.25, -0.2) is 9.78 Å². The van der Waals surface area contributed by atoms with Gasteiger partial charge in [0.2, 0.25) is 0 Å². The van der Waals surface area contributed by atoms with E-state index in [1.165, 1.54) is 6.07 Å². The molecular weight excluding hydrogens is 369 g/mol. The van der Waals surface area contributed by atoms with Crippen LogP contribution in [0.25, 0.3) is 0 Å². The van der Waals surface area contributed by atoms with Gasteiger partial charge in [0.25, 0.3) is 0 Å². The molecule has 2 amide bonds. The van der Waals surface area contributed by atoms with Crippen LogP contribution in [0.15, 0.2) is 36.7 Å². The van der Waals surface area contributed by atoms with Crippen LogP contribution in [0.4, 0.5) is 18.0 Å². The highest BCUT2D eigenvalue weighted by Crippen LogP contribution is 2.31. The molecule has 0 atom stereocenters. The predicted molar refractivity (Wildman–Crippen MR) is 99.6 cm³/mol. The summed E-state index contributed by atoms with van der Waals surface area (Å²) in [5, 5.41) is 2.90. The molecule has 2 aromatic rings. The fourth-order valence-corrected chi connectivity index (χ4v) is 3.02. The lowest BCUT2D eigenvalue weighted by atomic mass is 10.1. The first kappa shape index (κ1) is 20.2. The van der Waals surface area contributed by atoms with Crippen molar-refractivity contribution in [2.75, 3.05) is 13.1 Å². The third-order valence-corrected chi connectivity index (χ3v) is 4.73. The molecular formula is C20H25F3N4O. The molecule has 1 saturated carbocycles. The topological polar surface area (TPSA) is 50.2 Å². The first-order valence-electron chi connectivity index (χ1n) is 9.55. The van der Waals surface area contributed by atoms with Crippen LogP contribution in [0.1, 0.15) is 43.1 Å². The van der Waals surface area contributed by atoms with Crippen molar-refractivity contribution in [3.63, 3.8) is 0 Å². The van der Waals surface area contributed by atoms with Crippen molar-refractivity contribution < 1.29 is 18.0 Å². The highest BCUT2D eigenvalue weighted by Gasteiger charge is 2.30. The van der Waals surface area contributed by atoms with E-state index in [1.54, 1.807) is 27.9 Å². The zero-order valence-corrected chi connectivity index (χ0v) is 15.9. The number of urea groups is 1. The molecule has 0 saturated heterocycles. The molecule has 152 valence electrons. The van der Waals surface area contributed by atoms with E-state index in [9.17, 15) is 18.0 Å². The van der Waals surface area contributed by atoms with E-state index in [4.69, 9.17) is 0 Å². The minimum Gasteiger partial charge on any atom is -0.338 e. The number of imidazole rings is 1. The van der Waals surface area contributed by atoms with Crippen LogP contribution in [0.3, 0.4) is 0 Å². The second-order valence-corrected chi connectivity index (χ2v) is 7.23. The van der Waals surface area contributed by atoms with Crippen LogP contribution in [0.5, 0.6) is 0 Å². The maximum Gasteiger partial charge on any atom is 0.416 e. The zero-order chi connectivity index (χ0) is 20.1. The largest absolute Gasteiger partial charge is 0.416 e. The van der Waals surface area contributed by atoms with Gasteiger partial charge in [-0.15, -0.1) is 0 Å². The Labute approximate surface area is 162 Å². The van der Waals surface area contributed by atoms with Gasteiger partial charge >= 0.3 is 12.2 Å². The lowest BCUT2D eigenvalue weighted by Crippen LogP contribution is -2.41. The molecule has 0 unspecified atom stereocenters. The van der Waals surface area contributed by atoms with Crippen molar-refractivity contribution >= 4 is 6.03 Å². The number of halogens is 3. The number of amides is 2. The lowest BCUT2D eigenvalue weighted by Gasteiger charge is -2.23. The average molecular weight is 394 g/mol. The molecule has 3 rings (SSSR count). The van der Waals surface area contributed by atoms with Crippen LogP contribution in [-0.4, -0.2) is 33.6 Å². The number of hydrogen-bond acceptors (Lipinski definition) is 2. The molecule has 0 aliphatic heterocycles. The Morgan fingerprint density at radius 1 is 1.36 bits per heavy atom. The first-order valence-corrected chi connectivity index (χ1v) is 9.55. The Hall–Kier alpha value is -2.51. The van der Waals surface area contributed by atoms with Crippen molar-refractivity contribution in [1.82, 2.24) is 19.8 Å². The second kappa shape index (κ2) is 8.67. The molecule has 0 bridgehead atoms. The van der Waals surface area contributed by atoms with Gasteiger partial charge in [0.15, 0.2) is 0 Å². The van der Waals surface area contributed by atoms with Gasteiger partial charge in [0.1, 0.15) is 5.82 Å². The number of nitrogens with one attached hydrogen (secondary N) is 1. The summed E-state index contributed by atoms with van der Waals surface area (Å²) in [7, 11) is 0. The summed E-state index contributed by atoms with van der Waals surface area (Å²) < 4.78 is 40.6. The average Bonchev–Trinajstić information content (AvgIpc) is 3.37. The van der Waals surface area contributed by atoms with Crippen LogP contribution in [0, 0.1) is 5.92 Å². The maximum absolute atomic E-state index is 12.9. The van der Waals surface area contributed by atoms with Gasteiger partial charge in [0, 0.05) is 32.0 Å². The van der Waals surface area contributed by atoms with Crippen molar-refractivity contribution in [3.05, 3.63) is 53.6 Å². The van der Waals surface area contributed by atoms with Gasteiger partial charge in [-0.05, 0) is 42.9 Å². The Balaban J connectivity index is 1.72. The lowest BCUT2D eigenvalue weighted by molar-refractivity contribution is -0.137. The number of aromatic nitrogens is 2. The molecule has 28 heavy (non-hydrogen) atoms. The number of rotatable bonds is 8. The molecule has 1 aliphatic rings. The summed E-state index contributed by atoms with van der Waals surface area (Å²) >= 11 is 0. The van der Waals surface area contributed by atoms with Gasteiger partial charge in [-0.2, -0.15) is 13.2 Å². The Morgan fingerprint density at radius 2 is 2.14 bits per heavy atom. The second-order valence-electron chi connectivity index (χ2n) is 7.23. The quantitative estimate of drug-likeness (QED) is 0.727. The first-order chi connectivity index (χ1) is 13.4. The summed E-state index contributed by atoms with van der Waals surface area (Å²) in [5.41, 5.74) is -0.126. The summed E-state index contributed by atoms with van der Waals surface area (Å²) in [4.78, 5) is 18.6. The normalized spacial score (nSPS) is 14.1. The number of nitrogens with zero attached hydrogens (tertiary/aromatic N) is 3. The van der Waals surface area contributed by atoms with Crippen molar-refractivity contribution in [1.29, 1.82) is 0 Å². The minimum atomic E-state index is -4.37. The van der Waals surface area contributed by atoms with Crippen LogP contribution in [0.2, 0.25) is 0 Å². The number of benzene rings is 1. The van der Waals surface area contributed by atoms with Crippen LogP contribution >= 0.6 is 0 Å². The standard InChI is InChI=1S/C20H25F3N4O/c1-2-8-25-19(28)27(12-15-6-7-15)14-18-24-9-10-26(18)13-16-4-3-5-17(11-16)20(21,22)23/h3-5,9-11,15H,2,6-8,12-14H2,1H3,(H,25,28). The number of hydrogen-bond donors (Lipinski definition) is 1. The van der Waals surface area contributed by atoms with E-state index in [0.29, 0.717) is 36.9 Å². The summed E-state index contributed by atoms with van der Waals surface area (Å²) in [5.74, 6) is 1.18. The number of carbonyl (C=O) groups is 1. The minimum absolute atomic E-state index is 0.123. The van der Waals surface area contributed by atoms with Crippen molar-refractivity contribution in [3.8, 4) is 0 Å². The van der Waals surface area contributed by atoms with Crippen LogP contribution in [-0.2, 0) is 19.3 Å². The number of alkyl halides is 3. The van der Waals surface area contributed by atoms with Crippen LogP contribution < -0.4 is 5.32 Å². The smallest absolute Gasteiger partial charge is 0.338 e. The highest BCUT2D eigenvalue weighted by atomic mass is 19.4. The van der Waals surface area contributed by atoms with Gasteiger partial charge in [-0.3, -0.25) is 0 Å². The third-order valence-electron chi connectivity index (χ3n) is 4.73. The van der Waals surface area contributed by atoms with E-state index < -0.39 is 11.7 Å². The zero-order valence-electron chi connectivity index (χ0n) is 15.9. The number of carbonyl (C=O) groups excluding carboxylic acids is 1. The summed E-state index contributed by atoms with van der Waals surface area (Å²) in [6.07, 6.45) is 2.07. The van der Waals surface area contributed by atoms with Gasteiger partial charge < -0.3 is 14.8 Å². The SMILES string of the molecule is CCCNC(=O)N(Cc1nccn1Cc1cccc(C(F)(F)F)c1)CC1CC1. The molecule has 1 aliphatic carbocycles. The molecule has 1 N–H and O–H groups in total. The Bertz CT molecular complexity index is 799. The summed E-state index contributed by atoms with van der Waals surface area (Å²) in [6, 6.07) is 5.16. The van der Waals surface area contributed by atoms with Crippen molar-refractivity contribution in [2.24, 2.45) is 5.92 Å². The monoisotopic (exact) mass is 394 g/mol. The Kier molecular flexibility index (Phi) is 6.26. The van der Waals surface area contributed by atoms with E-state index >= 15 is 0 Å². The van der Waals surface area contributed by atoms with E-state index in [2.05, 4.69) is 10.3 Å². The molecule has 8 heteroatoms. The predicted octanol–water partition coefficient (Wildman–Crippen LogP) is 4.28. The molecule has 1 fully saturated rings. The van der Waals surface area contributed by atoms with Crippen molar-refractivity contribution in [2.45, 2.75) is 45.5 Å². The molecule has 1 aromatic carbocycles. The van der Waals surface area contributed by atoms with Gasteiger partial charge in [0.05, 0.1) is 12.1 Å². The fourth-order valence-electron chi connectivity index (χ4n) is 3.02. The molecule has 0 radical (unpaired) electrons.